The predicted octanol–water partition coefficient (Wildman–Crippen LogP) is 2.09. The summed E-state index contributed by atoms with van der Waals surface area (Å²) in [4.78, 5) is 25.7. The van der Waals surface area contributed by atoms with Crippen LogP contribution in [0.4, 0.5) is 0 Å². The minimum Gasteiger partial charge on any atom is -0.496 e. The summed E-state index contributed by atoms with van der Waals surface area (Å²) in [5.41, 5.74) is -0.171. The maximum absolute atomic E-state index is 12.5. The molecule has 0 radical (unpaired) electrons. The first kappa shape index (κ1) is 19.2. The Morgan fingerprint density at radius 3 is 2.68 bits per heavy atom. The molecule has 0 spiro atoms. The number of likely N-dealkylation sites (tertiary alicyclic amines) is 1. The Morgan fingerprint density at radius 1 is 1.36 bits per heavy atom. The molecule has 2 atom stereocenters. The second-order valence-electron chi connectivity index (χ2n) is 6.63. The molecule has 2 rings (SSSR count). The molecule has 1 heterocycles. The Labute approximate surface area is 148 Å². The molecule has 0 bridgehead atoms. The number of nitrogens with zero attached hydrogens (tertiary/aromatic N) is 1. The van der Waals surface area contributed by atoms with E-state index in [1.165, 1.54) is 0 Å². The third-order valence-corrected chi connectivity index (χ3v) is 5.13. The normalized spacial score (nSPS) is 23.3. The van der Waals surface area contributed by atoms with Crippen molar-refractivity contribution in [2.24, 2.45) is 5.41 Å². The van der Waals surface area contributed by atoms with Gasteiger partial charge in [-0.25, -0.2) is 0 Å². The van der Waals surface area contributed by atoms with Crippen LogP contribution in [0.15, 0.2) is 24.3 Å². The Hall–Kier alpha value is -2.08. The minimum atomic E-state index is -1.13. The molecule has 1 aliphatic heterocycles. The van der Waals surface area contributed by atoms with Gasteiger partial charge < -0.3 is 19.8 Å². The molecule has 25 heavy (non-hydrogen) atoms. The Bertz CT molecular complexity index is 618. The number of piperidine rings is 1. The number of amides is 1. The number of aliphatic hydroxyl groups excluding tert-OH is 1. The number of hydrogen-bond acceptors (Lipinski definition) is 4. The zero-order valence-corrected chi connectivity index (χ0v) is 14.9. The summed E-state index contributed by atoms with van der Waals surface area (Å²) in [5.74, 6) is -0.287. The van der Waals surface area contributed by atoms with E-state index in [2.05, 4.69) is 0 Å². The van der Waals surface area contributed by atoms with Crippen LogP contribution in [0.5, 0.6) is 5.75 Å². The van der Waals surface area contributed by atoms with Crippen molar-refractivity contribution in [3.63, 3.8) is 0 Å². The van der Waals surface area contributed by atoms with Crippen molar-refractivity contribution < 1.29 is 24.5 Å². The molecule has 0 unspecified atom stereocenters. The van der Waals surface area contributed by atoms with E-state index in [0.29, 0.717) is 32.2 Å². The molecule has 1 amide bonds. The SMILES string of the molecule is CCC[C@]1(C(=O)O)CCN(C(=O)CCc2ccccc2OC)C[C@@H]1O. The quantitative estimate of drug-likeness (QED) is 0.787. The summed E-state index contributed by atoms with van der Waals surface area (Å²) >= 11 is 0. The van der Waals surface area contributed by atoms with Gasteiger partial charge >= 0.3 is 5.97 Å². The molecule has 0 aromatic heterocycles. The number of carboxylic acids is 1. The van der Waals surface area contributed by atoms with Gasteiger partial charge in [0.15, 0.2) is 0 Å². The number of methoxy groups -OCH3 is 1. The van der Waals surface area contributed by atoms with E-state index in [4.69, 9.17) is 4.74 Å². The van der Waals surface area contributed by atoms with E-state index in [-0.39, 0.29) is 18.9 Å². The molecule has 138 valence electrons. The highest BCUT2D eigenvalue weighted by molar-refractivity contribution is 5.79. The molecule has 2 N–H and O–H groups in total. The van der Waals surface area contributed by atoms with Gasteiger partial charge in [0.05, 0.1) is 18.6 Å². The second kappa shape index (κ2) is 8.34. The highest BCUT2D eigenvalue weighted by atomic mass is 16.5. The van der Waals surface area contributed by atoms with Gasteiger partial charge in [-0.1, -0.05) is 31.5 Å². The molecule has 1 saturated heterocycles. The van der Waals surface area contributed by atoms with Gasteiger partial charge in [-0.2, -0.15) is 0 Å². The summed E-state index contributed by atoms with van der Waals surface area (Å²) in [6.45, 7) is 2.35. The van der Waals surface area contributed by atoms with Gasteiger partial charge in [0.2, 0.25) is 5.91 Å². The largest absolute Gasteiger partial charge is 0.496 e. The Balaban J connectivity index is 1.97. The van der Waals surface area contributed by atoms with Crippen molar-refractivity contribution in [2.45, 2.75) is 45.1 Å². The van der Waals surface area contributed by atoms with Crippen molar-refractivity contribution >= 4 is 11.9 Å². The van der Waals surface area contributed by atoms with Crippen molar-refractivity contribution in [1.82, 2.24) is 4.90 Å². The molecule has 0 saturated carbocycles. The van der Waals surface area contributed by atoms with Crippen LogP contribution in [-0.4, -0.2) is 53.3 Å². The van der Waals surface area contributed by atoms with E-state index in [1.54, 1.807) is 12.0 Å². The van der Waals surface area contributed by atoms with Crippen LogP contribution in [0, 0.1) is 5.41 Å². The van der Waals surface area contributed by atoms with Crippen molar-refractivity contribution in [2.75, 3.05) is 20.2 Å². The number of carbonyl (C=O) groups is 2. The van der Waals surface area contributed by atoms with Gasteiger partial charge in [0.1, 0.15) is 5.75 Å². The number of benzene rings is 1. The fraction of sp³-hybridized carbons (Fsp3) is 0.579. The van der Waals surface area contributed by atoms with Gasteiger partial charge in [-0.05, 0) is 30.9 Å². The first-order valence-corrected chi connectivity index (χ1v) is 8.75. The summed E-state index contributed by atoms with van der Waals surface area (Å²) in [6, 6.07) is 7.56. The molecular formula is C19H27NO5. The smallest absolute Gasteiger partial charge is 0.312 e. The van der Waals surface area contributed by atoms with Gasteiger partial charge in [0.25, 0.3) is 0 Å². The lowest BCUT2D eigenvalue weighted by atomic mass is 9.72. The molecular weight excluding hydrogens is 322 g/mol. The number of rotatable bonds is 7. The molecule has 6 heteroatoms. The zero-order valence-electron chi connectivity index (χ0n) is 14.9. The van der Waals surface area contributed by atoms with Gasteiger partial charge in [-0.15, -0.1) is 0 Å². The number of aryl methyl sites for hydroxylation is 1. The van der Waals surface area contributed by atoms with Crippen LogP contribution in [0.25, 0.3) is 0 Å². The standard InChI is InChI=1S/C19H27NO5/c1-3-10-19(18(23)24)11-12-20(13-16(19)21)17(22)9-8-14-6-4-5-7-15(14)25-2/h4-7,16,21H,3,8-13H2,1-2H3,(H,23,24)/t16-,19-/m0/s1. The molecule has 0 aliphatic carbocycles. The van der Waals surface area contributed by atoms with Crippen LogP contribution < -0.4 is 4.74 Å². The predicted molar refractivity (Wildman–Crippen MR) is 93.5 cm³/mol. The topological polar surface area (TPSA) is 87.1 Å². The van der Waals surface area contributed by atoms with Crippen molar-refractivity contribution in [3.05, 3.63) is 29.8 Å². The van der Waals surface area contributed by atoms with Crippen LogP contribution in [0.3, 0.4) is 0 Å². The van der Waals surface area contributed by atoms with Gasteiger partial charge in [0, 0.05) is 19.5 Å². The van der Waals surface area contributed by atoms with E-state index >= 15 is 0 Å². The number of aliphatic carboxylic acids is 1. The number of aliphatic hydroxyl groups is 1. The van der Waals surface area contributed by atoms with E-state index in [9.17, 15) is 19.8 Å². The molecule has 1 aromatic rings. The van der Waals surface area contributed by atoms with Crippen LogP contribution in [0.2, 0.25) is 0 Å². The van der Waals surface area contributed by atoms with Gasteiger partial charge in [-0.3, -0.25) is 9.59 Å². The first-order chi connectivity index (χ1) is 11.9. The molecule has 6 nitrogen and oxygen atoms in total. The zero-order chi connectivity index (χ0) is 18.4. The fourth-order valence-electron chi connectivity index (χ4n) is 3.61. The summed E-state index contributed by atoms with van der Waals surface area (Å²) < 4.78 is 5.29. The van der Waals surface area contributed by atoms with Crippen LogP contribution in [-0.2, 0) is 16.0 Å². The monoisotopic (exact) mass is 349 g/mol. The number of hydrogen-bond donors (Lipinski definition) is 2. The maximum atomic E-state index is 12.5. The average molecular weight is 349 g/mol. The lowest BCUT2D eigenvalue weighted by Gasteiger charge is -2.42. The number of carboxylic acid groups (broad SMARTS) is 1. The second-order valence-corrected chi connectivity index (χ2v) is 6.63. The summed E-state index contributed by atoms with van der Waals surface area (Å²) in [7, 11) is 1.60. The number of para-hydroxylation sites is 1. The fourth-order valence-corrected chi connectivity index (χ4v) is 3.61. The first-order valence-electron chi connectivity index (χ1n) is 8.75. The highest BCUT2D eigenvalue weighted by Crippen LogP contribution is 2.37. The number of carbonyl (C=O) groups excluding carboxylic acids is 1. The third-order valence-electron chi connectivity index (χ3n) is 5.13. The Morgan fingerprint density at radius 2 is 2.08 bits per heavy atom. The van der Waals surface area contributed by atoms with Crippen LogP contribution >= 0.6 is 0 Å². The molecule has 1 fully saturated rings. The van der Waals surface area contributed by atoms with Crippen molar-refractivity contribution in [3.8, 4) is 5.75 Å². The lowest BCUT2D eigenvalue weighted by molar-refractivity contribution is -0.167. The number of ether oxygens (including phenoxy) is 1. The Kier molecular flexibility index (Phi) is 6.42. The summed E-state index contributed by atoms with van der Waals surface area (Å²) in [5, 5.41) is 20.0. The maximum Gasteiger partial charge on any atom is 0.312 e. The average Bonchev–Trinajstić information content (AvgIpc) is 2.61. The molecule has 1 aliphatic rings. The third kappa shape index (κ3) is 4.12. The minimum absolute atomic E-state index is 0.0690. The van der Waals surface area contributed by atoms with Crippen LogP contribution in [0.1, 0.15) is 38.2 Å². The molecule has 1 aromatic carbocycles. The van der Waals surface area contributed by atoms with E-state index in [1.807, 2.05) is 31.2 Å². The lowest BCUT2D eigenvalue weighted by Crippen LogP contribution is -2.56. The van der Waals surface area contributed by atoms with E-state index < -0.39 is 17.5 Å². The summed E-state index contributed by atoms with van der Waals surface area (Å²) in [6.07, 6.45) is 1.22. The van der Waals surface area contributed by atoms with E-state index in [0.717, 1.165) is 11.3 Å². The highest BCUT2D eigenvalue weighted by Gasteiger charge is 2.48. The van der Waals surface area contributed by atoms with Crippen molar-refractivity contribution in [1.29, 1.82) is 0 Å². The number of β-amino-alcohol motifs (C(OH)–C–C–N with tert-alkyl or cyclic N) is 1.